The fourth-order valence-electron chi connectivity index (χ4n) is 4.11. The number of hydrogen-bond acceptors (Lipinski definition) is 5. The Morgan fingerprint density at radius 2 is 1.80 bits per heavy atom. The molecule has 0 unspecified atom stereocenters. The number of benzene rings is 1. The van der Waals surface area contributed by atoms with Gasteiger partial charge in [0.05, 0.1) is 24.1 Å². The summed E-state index contributed by atoms with van der Waals surface area (Å²) in [5.74, 6) is -0.279. The minimum absolute atomic E-state index is 0.319. The van der Waals surface area contributed by atoms with Gasteiger partial charge in [0.25, 0.3) is 0 Å². The number of alkyl carbamates (subject to hydrolysis) is 1. The van der Waals surface area contributed by atoms with Crippen LogP contribution in [0.5, 0.6) is 0 Å². The highest BCUT2D eigenvalue weighted by molar-refractivity contribution is 5.68. The largest absolute Gasteiger partial charge is 0.444 e. The van der Waals surface area contributed by atoms with Crippen molar-refractivity contribution in [1.29, 1.82) is 5.26 Å². The lowest BCUT2D eigenvalue weighted by atomic mass is 9.79. The van der Waals surface area contributed by atoms with Crippen molar-refractivity contribution in [1.82, 2.24) is 5.32 Å². The van der Waals surface area contributed by atoms with Crippen LogP contribution in [0, 0.1) is 23.2 Å². The summed E-state index contributed by atoms with van der Waals surface area (Å²) in [4.78, 5) is 12.4. The zero-order valence-corrected chi connectivity index (χ0v) is 18.4. The Bertz CT molecular complexity index is 689. The first-order chi connectivity index (χ1) is 14.2. The molecule has 1 amide bonds. The number of ether oxygens (including phenoxy) is 1. The molecule has 1 aromatic rings. The summed E-state index contributed by atoms with van der Waals surface area (Å²) < 4.78 is 5.34. The van der Waals surface area contributed by atoms with E-state index < -0.39 is 35.9 Å². The number of aliphatic hydroxyl groups excluding tert-OH is 2. The van der Waals surface area contributed by atoms with Crippen LogP contribution in [0.1, 0.15) is 64.9 Å². The second kappa shape index (κ2) is 11.3. The van der Waals surface area contributed by atoms with Crippen LogP contribution < -0.4 is 5.32 Å². The molecule has 0 heterocycles. The molecule has 0 aromatic heterocycles. The van der Waals surface area contributed by atoms with Crippen LogP contribution in [-0.4, -0.2) is 40.2 Å². The van der Waals surface area contributed by atoms with Gasteiger partial charge in [-0.3, -0.25) is 0 Å². The number of rotatable bonds is 8. The summed E-state index contributed by atoms with van der Waals surface area (Å²) in [6.45, 7) is 5.29. The van der Waals surface area contributed by atoms with Gasteiger partial charge < -0.3 is 20.3 Å². The van der Waals surface area contributed by atoms with Gasteiger partial charge in [0.15, 0.2) is 0 Å². The molecular formula is C24H36N2O4. The van der Waals surface area contributed by atoms with E-state index in [2.05, 4.69) is 11.4 Å². The average Bonchev–Trinajstić information content (AvgIpc) is 2.70. The van der Waals surface area contributed by atoms with E-state index in [1.165, 1.54) is 6.42 Å². The summed E-state index contributed by atoms with van der Waals surface area (Å²) >= 11 is 0. The number of amides is 1. The van der Waals surface area contributed by atoms with Gasteiger partial charge in [0.1, 0.15) is 11.7 Å². The Kier molecular flexibility index (Phi) is 9.13. The normalized spacial score (nSPS) is 19.2. The summed E-state index contributed by atoms with van der Waals surface area (Å²) in [5.41, 5.74) is 0.229. The van der Waals surface area contributed by atoms with Gasteiger partial charge in [-0.25, -0.2) is 4.79 Å². The van der Waals surface area contributed by atoms with E-state index in [1.807, 2.05) is 30.3 Å². The van der Waals surface area contributed by atoms with Crippen molar-refractivity contribution in [3.63, 3.8) is 0 Å². The number of nitrogens with one attached hydrogen (secondary N) is 1. The van der Waals surface area contributed by atoms with Crippen LogP contribution >= 0.6 is 0 Å². The lowest BCUT2D eigenvalue weighted by Gasteiger charge is -2.32. The molecule has 6 nitrogen and oxygen atoms in total. The van der Waals surface area contributed by atoms with E-state index >= 15 is 0 Å². The minimum Gasteiger partial charge on any atom is -0.444 e. The molecule has 0 saturated heterocycles. The van der Waals surface area contributed by atoms with E-state index in [0.29, 0.717) is 18.8 Å². The monoisotopic (exact) mass is 416 g/mol. The minimum atomic E-state index is -1.29. The van der Waals surface area contributed by atoms with Gasteiger partial charge in [0, 0.05) is 0 Å². The molecule has 1 aliphatic rings. The van der Waals surface area contributed by atoms with Crippen LogP contribution in [0.4, 0.5) is 4.79 Å². The summed E-state index contributed by atoms with van der Waals surface area (Å²) in [6, 6.07) is 10.8. The van der Waals surface area contributed by atoms with Gasteiger partial charge >= 0.3 is 6.09 Å². The highest BCUT2D eigenvalue weighted by atomic mass is 16.6. The van der Waals surface area contributed by atoms with Crippen molar-refractivity contribution in [3.05, 3.63) is 35.9 Å². The summed E-state index contributed by atoms with van der Waals surface area (Å²) in [5, 5.41) is 34.1. The molecule has 0 aliphatic heterocycles. The zero-order valence-electron chi connectivity index (χ0n) is 18.4. The lowest BCUT2D eigenvalue weighted by molar-refractivity contribution is -0.0316. The number of carbonyl (C=O) groups excluding carboxylic acids is 1. The third kappa shape index (κ3) is 7.97. The van der Waals surface area contributed by atoms with Crippen molar-refractivity contribution in [2.24, 2.45) is 11.8 Å². The molecule has 30 heavy (non-hydrogen) atoms. The van der Waals surface area contributed by atoms with Gasteiger partial charge in [-0.05, 0) is 45.1 Å². The van der Waals surface area contributed by atoms with E-state index in [1.54, 1.807) is 20.8 Å². The van der Waals surface area contributed by atoms with Crippen LogP contribution in [0.3, 0.4) is 0 Å². The third-order valence-electron chi connectivity index (χ3n) is 5.65. The first kappa shape index (κ1) is 24.2. The number of hydrogen-bond donors (Lipinski definition) is 3. The second-order valence-electron chi connectivity index (χ2n) is 9.40. The molecule has 1 saturated carbocycles. The maximum absolute atomic E-state index is 12.4. The molecule has 1 aliphatic carbocycles. The number of carbonyl (C=O) groups is 1. The average molecular weight is 417 g/mol. The molecule has 0 spiro atoms. The van der Waals surface area contributed by atoms with Gasteiger partial charge in [-0.1, -0.05) is 62.4 Å². The first-order valence-electron chi connectivity index (χ1n) is 11.0. The summed E-state index contributed by atoms with van der Waals surface area (Å²) in [7, 11) is 0. The quantitative estimate of drug-likeness (QED) is 0.595. The molecule has 6 heteroatoms. The SMILES string of the molecule is CC(C)(C)OC(=O)N[C@@H](Cc1ccccc1)[C@H](O)[C@@H](O)[C@@H](C#N)CC1CCCCC1. The van der Waals surface area contributed by atoms with Crippen molar-refractivity contribution in [2.75, 3.05) is 0 Å². The van der Waals surface area contributed by atoms with Crippen LogP contribution in [0.2, 0.25) is 0 Å². The van der Waals surface area contributed by atoms with Crippen molar-refractivity contribution < 1.29 is 19.7 Å². The highest BCUT2D eigenvalue weighted by Crippen LogP contribution is 2.31. The fraction of sp³-hybridized carbons (Fsp3) is 0.667. The second-order valence-corrected chi connectivity index (χ2v) is 9.40. The smallest absolute Gasteiger partial charge is 0.407 e. The van der Waals surface area contributed by atoms with Crippen molar-refractivity contribution >= 4 is 6.09 Å². The molecular weight excluding hydrogens is 380 g/mol. The van der Waals surface area contributed by atoms with E-state index in [0.717, 1.165) is 31.2 Å². The Hall–Kier alpha value is -2.10. The lowest BCUT2D eigenvalue weighted by Crippen LogP contribution is -2.52. The van der Waals surface area contributed by atoms with E-state index in [4.69, 9.17) is 4.74 Å². The Balaban J connectivity index is 2.11. The number of aliphatic hydroxyl groups is 2. The molecule has 166 valence electrons. The molecule has 1 aromatic carbocycles. The maximum Gasteiger partial charge on any atom is 0.407 e. The van der Waals surface area contributed by atoms with Crippen LogP contribution in [0.15, 0.2) is 30.3 Å². The number of nitrogens with zero attached hydrogens (tertiary/aromatic N) is 1. The van der Waals surface area contributed by atoms with E-state index in [9.17, 15) is 20.3 Å². The molecule has 1 fully saturated rings. The van der Waals surface area contributed by atoms with Gasteiger partial charge in [-0.15, -0.1) is 0 Å². The summed E-state index contributed by atoms with van der Waals surface area (Å²) in [6.07, 6.45) is 3.34. The zero-order chi connectivity index (χ0) is 22.1. The molecule has 0 radical (unpaired) electrons. The fourth-order valence-corrected chi connectivity index (χ4v) is 4.11. The molecule has 2 rings (SSSR count). The standard InChI is InChI=1S/C24H36N2O4/c1-24(2,3)30-23(29)26-20(15-18-12-8-5-9-13-18)22(28)21(27)19(16-25)14-17-10-6-4-7-11-17/h5,8-9,12-13,17,19-22,27-28H,4,6-7,10-11,14-15H2,1-3H3,(H,26,29)/t19-,20+,21+,22+/m1/s1. The highest BCUT2D eigenvalue weighted by Gasteiger charge is 2.35. The molecule has 3 N–H and O–H groups in total. The Morgan fingerprint density at radius 1 is 1.17 bits per heavy atom. The predicted octanol–water partition coefficient (Wildman–Crippen LogP) is 3.95. The third-order valence-corrected chi connectivity index (χ3v) is 5.65. The van der Waals surface area contributed by atoms with Crippen LogP contribution in [0.25, 0.3) is 0 Å². The van der Waals surface area contributed by atoms with E-state index in [-0.39, 0.29) is 0 Å². The maximum atomic E-state index is 12.4. The Morgan fingerprint density at radius 3 is 2.37 bits per heavy atom. The van der Waals surface area contributed by atoms with Crippen molar-refractivity contribution in [3.8, 4) is 6.07 Å². The molecule has 4 atom stereocenters. The topological polar surface area (TPSA) is 103 Å². The van der Waals surface area contributed by atoms with Gasteiger partial charge in [0.2, 0.25) is 0 Å². The van der Waals surface area contributed by atoms with Gasteiger partial charge in [-0.2, -0.15) is 5.26 Å². The first-order valence-corrected chi connectivity index (χ1v) is 11.0. The predicted molar refractivity (Wildman–Crippen MR) is 116 cm³/mol. The molecule has 0 bridgehead atoms. The Labute approximate surface area is 180 Å². The van der Waals surface area contributed by atoms with Crippen molar-refractivity contribution in [2.45, 2.75) is 89.6 Å². The van der Waals surface area contributed by atoms with Crippen LogP contribution in [-0.2, 0) is 11.2 Å². The number of nitriles is 1.